The number of ether oxygens (including phenoxy) is 2. The predicted octanol–water partition coefficient (Wildman–Crippen LogP) is 3.20. The monoisotopic (exact) mass is 404 g/mol. The summed E-state index contributed by atoms with van der Waals surface area (Å²) in [6, 6.07) is 14.9. The quantitative estimate of drug-likeness (QED) is 0.385. The number of para-hydroxylation sites is 1. The third-order valence-corrected chi connectivity index (χ3v) is 4.70. The molecule has 0 spiro atoms. The number of benzene rings is 2. The topological polar surface area (TPSA) is 102 Å². The molecule has 0 saturated heterocycles. The van der Waals surface area contributed by atoms with Gasteiger partial charge in [0.05, 0.1) is 5.57 Å². The highest BCUT2D eigenvalue weighted by Crippen LogP contribution is 2.34. The van der Waals surface area contributed by atoms with E-state index in [1.54, 1.807) is 30.5 Å². The number of anilines is 1. The third-order valence-electron chi connectivity index (χ3n) is 4.48. The van der Waals surface area contributed by atoms with Crippen LogP contribution >= 0.6 is 12.2 Å². The van der Waals surface area contributed by atoms with Crippen molar-refractivity contribution in [3.05, 3.63) is 59.8 Å². The van der Waals surface area contributed by atoms with Crippen molar-refractivity contribution < 1.29 is 14.3 Å². The highest BCUT2D eigenvalue weighted by Gasteiger charge is 2.15. The number of amides is 1. The number of aromatic nitrogens is 1. The van der Waals surface area contributed by atoms with Gasteiger partial charge < -0.3 is 25.1 Å². The fraction of sp³-hybridized carbons (Fsp3) is 0.0952. The van der Waals surface area contributed by atoms with Gasteiger partial charge >= 0.3 is 0 Å². The summed E-state index contributed by atoms with van der Waals surface area (Å²) in [6.45, 7) is 0.271. The molecule has 144 valence electrons. The number of nitrogens with one attached hydrogen (secondary N) is 1. The Kier molecular flexibility index (Phi) is 4.89. The summed E-state index contributed by atoms with van der Waals surface area (Å²) in [7, 11) is 0. The highest BCUT2D eigenvalue weighted by molar-refractivity contribution is 7.80. The Bertz CT molecular complexity index is 1210. The van der Waals surface area contributed by atoms with E-state index in [4.69, 9.17) is 27.4 Å². The Morgan fingerprint density at radius 2 is 2.07 bits per heavy atom. The maximum atomic E-state index is 12.6. The first-order valence-corrected chi connectivity index (χ1v) is 9.15. The standard InChI is InChI=1S/C21H16N4O3S/c22-9-13(21(23)29)7-14-10-25(17-4-2-1-3-16(14)17)11-20(26)24-15-5-6-18-19(8-15)28-12-27-18/h1-8,10H,11-12H2,(H2,23,29)(H,24,26)/b13-7-. The van der Waals surface area contributed by atoms with E-state index in [2.05, 4.69) is 5.32 Å². The van der Waals surface area contributed by atoms with Crippen LogP contribution < -0.4 is 20.5 Å². The molecule has 0 fully saturated rings. The second-order valence-corrected chi connectivity index (χ2v) is 6.82. The zero-order valence-electron chi connectivity index (χ0n) is 15.2. The Morgan fingerprint density at radius 3 is 2.86 bits per heavy atom. The van der Waals surface area contributed by atoms with Gasteiger partial charge in [-0.05, 0) is 24.3 Å². The van der Waals surface area contributed by atoms with Crippen LogP contribution in [0.2, 0.25) is 0 Å². The van der Waals surface area contributed by atoms with Crippen LogP contribution in [0.5, 0.6) is 11.5 Å². The molecule has 3 N–H and O–H groups in total. The summed E-state index contributed by atoms with van der Waals surface area (Å²) >= 11 is 4.92. The van der Waals surface area contributed by atoms with E-state index in [0.717, 1.165) is 16.5 Å². The summed E-state index contributed by atoms with van der Waals surface area (Å²) in [4.78, 5) is 12.6. The van der Waals surface area contributed by atoms with Gasteiger partial charge in [-0.3, -0.25) is 4.79 Å². The van der Waals surface area contributed by atoms with Crippen LogP contribution in [-0.2, 0) is 11.3 Å². The fourth-order valence-electron chi connectivity index (χ4n) is 3.16. The Morgan fingerprint density at radius 1 is 1.28 bits per heavy atom. The normalized spacial score (nSPS) is 12.6. The molecule has 1 aliphatic rings. The SMILES string of the molecule is N#C/C(=C/c1cn(CC(=O)Nc2ccc3c(c2)OCO3)c2ccccc12)C(N)=S. The first-order chi connectivity index (χ1) is 14.0. The minimum absolute atomic E-state index is 0.0323. The Hall–Kier alpha value is -3.83. The summed E-state index contributed by atoms with van der Waals surface area (Å²) < 4.78 is 12.4. The average Bonchev–Trinajstić information content (AvgIpc) is 3.30. The number of nitrogens with zero attached hydrogens (tertiary/aromatic N) is 2. The van der Waals surface area contributed by atoms with Crippen molar-refractivity contribution in [3.8, 4) is 17.6 Å². The molecular weight excluding hydrogens is 388 g/mol. The molecule has 1 aliphatic heterocycles. The molecule has 0 radical (unpaired) electrons. The molecule has 8 heteroatoms. The molecule has 4 rings (SSSR count). The number of hydrogen-bond acceptors (Lipinski definition) is 5. The molecule has 1 aromatic heterocycles. The van der Waals surface area contributed by atoms with E-state index in [0.29, 0.717) is 17.2 Å². The van der Waals surface area contributed by atoms with Crippen molar-refractivity contribution in [1.82, 2.24) is 4.57 Å². The number of hydrogen-bond donors (Lipinski definition) is 2. The number of nitriles is 1. The minimum Gasteiger partial charge on any atom is -0.454 e. The van der Waals surface area contributed by atoms with Crippen molar-refractivity contribution in [2.45, 2.75) is 6.54 Å². The summed E-state index contributed by atoms with van der Waals surface area (Å²) in [5.41, 5.74) is 8.06. The molecule has 3 aromatic rings. The van der Waals surface area contributed by atoms with Gasteiger partial charge in [0.25, 0.3) is 0 Å². The smallest absolute Gasteiger partial charge is 0.244 e. The molecule has 29 heavy (non-hydrogen) atoms. The predicted molar refractivity (Wildman–Crippen MR) is 114 cm³/mol. The number of thiocarbonyl (C=S) groups is 1. The van der Waals surface area contributed by atoms with E-state index >= 15 is 0 Å². The van der Waals surface area contributed by atoms with Crippen LogP contribution in [0.15, 0.2) is 54.2 Å². The summed E-state index contributed by atoms with van der Waals surface area (Å²) in [5.74, 6) is 1.06. The van der Waals surface area contributed by atoms with Gasteiger partial charge in [0.2, 0.25) is 12.7 Å². The lowest BCUT2D eigenvalue weighted by Gasteiger charge is -2.08. The second-order valence-electron chi connectivity index (χ2n) is 6.38. The zero-order valence-corrected chi connectivity index (χ0v) is 16.0. The van der Waals surface area contributed by atoms with Crippen molar-refractivity contribution in [1.29, 1.82) is 5.26 Å². The molecule has 0 saturated carbocycles. The zero-order chi connectivity index (χ0) is 20.4. The van der Waals surface area contributed by atoms with Gasteiger partial charge in [-0.15, -0.1) is 0 Å². The molecule has 0 atom stereocenters. The second kappa shape index (κ2) is 7.66. The van der Waals surface area contributed by atoms with Gasteiger partial charge in [-0.25, -0.2) is 0 Å². The van der Waals surface area contributed by atoms with Crippen molar-refractivity contribution in [2.75, 3.05) is 12.1 Å². The van der Waals surface area contributed by atoms with E-state index in [-0.39, 0.29) is 29.8 Å². The minimum atomic E-state index is -0.199. The molecule has 1 amide bonds. The number of carbonyl (C=O) groups is 1. The molecular formula is C21H16N4O3S. The number of rotatable bonds is 5. The van der Waals surface area contributed by atoms with Crippen LogP contribution in [0.3, 0.4) is 0 Å². The molecule has 7 nitrogen and oxygen atoms in total. The van der Waals surface area contributed by atoms with Crippen LogP contribution in [0.1, 0.15) is 5.56 Å². The van der Waals surface area contributed by atoms with Gasteiger partial charge in [-0.2, -0.15) is 5.26 Å². The van der Waals surface area contributed by atoms with Crippen LogP contribution in [0.4, 0.5) is 5.69 Å². The van der Waals surface area contributed by atoms with Crippen molar-refractivity contribution in [3.63, 3.8) is 0 Å². The average molecular weight is 404 g/mol. The van der Waals surface area contributed by atoms with Gasteiger partial charge in [0.15, 0.2) is 11.5 Å². The number of carbonyl (C=O) groups excluding carboxylic acids is 1. The number of nitrogens with two attached hydrogens (primary N) is 1. The third kappa shape index (κ3) is 3.77. The van der Waals surface area contributed by atoms with Gasteiger partial charge in [0.1, 0.15) is 17.6 Å². The van der Waals surface area contributed by atoms with Gasteiger partial charge in [0, 0.05) is 34.4 Å². The summed E-state index contributed by atoms with van der Waals surface area (Å²) in [6.07, 6.45) is 3.44. The molecule has 0 unspecified atom stereocenters. The van der Waals surface area contributed by atoms with Crippen molar-refractivity contribution >= 4 is 45.8 Å². The fourth-order valence-corrected chi connectivity index (χ4v) is 3.27. The Balaban J connectivity index is 1.60. The highest BCUT2D eigenvalue weighted by atomic mass is 32.1. The summed E-state index contributed by atoms with van der Waals surface area (Å²) in [5, 5.41) is 13.0. The van der Waals surface area contributed by atoms with E-state index in [9.17, 15) is 10.1 Å². The molecule has 2 heterocycles. The molecule has 0 aliphatic carbocycles. The Labute approximate surface area is 171 Å². The van der Waals surface area contributed by atoms with Crippen LogP contribution in [0, 0.1) is 11.3 Å². The van der Waals surface area contributed by atoms with Crippen LogP contribution in [-0.4, -0.2) is 22.3 Å². The van der Waals surface area contributed by atoms with Crippen LogP contribution in [0.25, 0.3) is 17.0 Å². The molecule has 2 aromatic carbocycles. The maximum Gasteiger partial charge on any atom is 0.244 e. The van der Waals surface area contributed by atoms with Gasteiger partial charge in [-0.1, -0.05) is 30.4 Å². The van der Waals surface area contributed by atoms with E-state index < -0.39 is 0 Å². The van der Waals surface area contributed by atoms with E-state index in [1.807, 2.05) is 34.9 Å². The first-order valence-electron chi connectivity index (χ1n) is 8.74. The van der Waals surface area contributed by atoms with Crippen molar-refractivity contribution in [2.24, 2.45) is 5.73 Å². The number of fused-ring (bicyclic) bond motifs is 2. The largest absolute Gasteiger partial charge is 0.454 e. The lowest BCUT2D eigenvalue weighted by atomic mass is 10.1. The maximum absolute atomic E-state index is 12.6. The molecule has 0 bridgehead atoms. The first kappa shape index (κ1) is 18.5. The lowest BCUT2D eigenvalue weighted by Crippen LogP contribution is -2.18. The lowest BCUT2D eigenvalue weighted by molar-refractivity contribution is -0.116. The van der Waals surface area contributed by atoms with E-state index in [1.165, 1.54) is 0 Å².